The van der Waals surface area contributed by atoms with Crippen LogP contribution in [0.1, 0.15) is 18.9 Å². The molecule has 0 spiro atoms. The fourth-order valence-corrected chi connectivity index (χ4v) is 1.96. The lowest BCUT2D eigenvalue weighted by Gasteiger charge is -2.13. The van der Waals surface area contributed by atoms with Gasteiger partial charge in [0.1, 0.15) is 5.82 Å². The number of rotatable bonds is 6. The Labute approximate surface area is 118 Å². The third-order valence-electron chi connectivity index (χ3n) is 2.53. The molecule has 0 aromatic carbocycles. The Hall–Kier alpha value is -0.720. The third-order valence-corrected chi connectivity index (χ3v) is 3.18. The molecule has 1 heterocycles. The average molecular weight is 293 g/mol. The van der Waals surface area contributed by atoms with Gasteiger partial charge in [0.25, 0.3) is 0 Å². The SMILES string of the molecule is CCn1ncc(C)c1NC(=O)[C@@H](N)CCSC.Cl. The molecule has 0 aliphatic carbocycles. The van der Waals surface area contributed by atoms with Gasteiger partial charge in [0, 0.05) is 12.1 Å². The Morgan fingerprint density at radius 2 is 2.33 bits per heavy atom. The summed E-state index contributed by atoms with van der Waals surface area (Å²) < 4.78 is 1.76. The predicted octanol–water partition coefficient (Wildman–Crippen LogP) is 1.65. The Bertz CT molecular complexity index is 383. The van der Waals surface area contributed by atoms with Crippen LogP contribution in [-0.2, 0) is 11.3 Å². The molecule has 1 aromatic heterocycles. The molecule has 0 fully saturated rings. The minimum Gasteiger partial charge on any atom is -0.320 e. The van der Waals surface area contributed by atoms with E-state index in [2.05, 4.69) is 10.4 Å². The topological polar surface area (TPSA) is 72.9 Å². The van der Waals surface area contributed by atoms with E-state index in [9.17, 15) is 4.79 Å². The first-order valence-electron chi connectivity index (χ1n) is 5.68. The Morgan fingerprint density at radius 3 is 2.89 bits per heavy atom. The Kier molecular flexibility index (Phi) is 8.06. The molecule has 5 nitrogen and oxygen atoms in total. The first kappa shape index (κ1) is 17.3. The van der Waals surface area contributed by atoms with Crippen molar-refractivity contribution in [1.29, 1.82) is 0 Å². The molecule has 1 aromatic rings. The smallest absolute Gasteiger partial charge is 0.242 e. The van der Waals surface area contributed by atoms with Gasteiger partial charge in [-0.25, -0.2) is 4.68 Å². The van der Waals surface area contributed by atoms with Crippen LogP contribution in [-0.4, -0.2) is 33.7 Å². The fraction of sp³-hybridized carbons (Fsp3) is 0.636. The molecule has 0 radical (unpaired) electrons. The number of aryl methyl sites for hydroxylation is 2. The monoisotopic (exact) mass is 292 g/mol. The molecule has 0 saturated heterocycles. The highest BCUT2D eigenvalue weighted by molar-refractivity contribution is 7.98. The quantitative estimate of drug-likeness (QED) is 0.836. The first-order chi connectivity index (χ1) is 8.10. The van der Waals surface area contributed by atoms with Crippen LogP contribution in [0.2, 0.25) is 0 Å². The van der Waals surface area contributed by atoms with Crippen molar-refractivity contribution in [3.63, 3.8) is 0 Å². The van der Waals surface area contributed by atoms with E-state index < -0.39 is 6.04 Å². The predicted molar refractivity (Wildman–Crippen MR) is 79.5 cm³/mol. The molecule has 0 aliphatic rings. The number of hydrogen-bond donors (Lipinski definition) is 2. The molecule has 104 valence electrons. The van der Waals surface area contributed by atoms with Gasteiger partial charge in [0.15, 0.2) is 0 Å². The minimum absolute atomic E-state index is 0. The number of halogens is 1. The largest absolute Gasteiger partial charge is 0.320 e. The van der Waals surface area contributed by atoms with E-state index in [0.29, 0.717) is 6.42 Å². The van der Waals surface area contributed by atoms with Crippen LogP contribution in [0.4, 0.5) is 5.82 Å². The van der Waals surface area contributed by atoms with E-state index in [1.807, 2.05) is 20.1 Å². The lowest BCUT2D eigenvalue weighted by molar-refractivity contribution is -0.117. The van der Waals surface area contributed by atoms with E-state index >= 15 is 0 Å². The molecule has 1 amide bonds. The number of nitrogens with two attached hydrogens (primary N) is 1. The number of hydrogen-bond acceptors (Lipinski definition) is 4. The second kappa shape index (κ2) is 8.39. The summed E-state index contributed by atoms with van der Waals surface area (Å²) >= 11 is 1.69. The molecule has 0 saturated carbocycles. The minimum atomic E-state index is -0.456. The van der Waals surface area contributed by atoms with Crippen molar-refractivity contribution < 1.29 is 4.79 Å². The highest BCUT2D eigenvalue weighted by Crippen LogP contribution is 2.14. The van der Waals surface area contributed by atoms with Gasteiger partial charge < -0.3 is 11.1 Å². The van der Waals surface area contributed by atoms with E-state index in [1.165, 1.54) is 0 Å². The van der Waals surface area contributed by atoms with E-state index in [4.69, 9.17) is 5.73 Å². The highest BCUT2D eigenvalue weighted by atomic mass is 35.5. The Balaban J connectivity index is 0.00000289. The normalized spacial score (nSPS) is 11.8. The molecule has 3 N–H and O–H groups in total. The van der Waals surface area contributed by atoms with Crippen molar-refractivity contribution in [2.24, 2.45) is 5.73 Å². The molecule has 0 aliphatic heterocycles. The molecule has 18 heavy (non-hydrogen) atoms. The molecular formula is C11H21ClN4OS. The zero-order valence-corrected chi connectivity index (χ0v) is 12.6. The molecule has 7 heteroatoms. The van der Waals surface area contributed by atoms with Gasteiger partial charge in [-0.05, 0) is 32.3 Å². The van der Waals surface area contributed by atoms with Crippen LogP contribution < -0.4 is 11.1 Å². The summed E-state index contributed by atoms with van der Waals surface area (Å²) in [5.41, 5.74) is 6.76. The second-order valence-corrected chi connectivity index (χ2v) is 4.85. The maximum Gasteiger partial charge on any atom is 0.242 e. The van der Waals surface area contributed by atoms with Gasteiger partial charge in [-0.15, -0.1) is 12.4 Å². The number of carbonyl (C=O) groups excluding carboxylic acids is 1. The summed E-state index contributed by atoms with van der Waals surface area (Å²) in [6, 6.07) is -0.456. The van der Waals surface area contributed by atoms with Crippen molar-refractivity contribution in [3.05, 3.63) is 11.8 Å². The third kappa shape index (κ3) is 4.51. The molecule has 1 rings (SSSR count). The molecular weight excluding hydrogens is 272 g/mol. The number of nitrogens with zero attached hydrogens (tertiary/aromatic N) is 2. The lowest BCUT2D eigenvalue weighted by Crippen LogP contribution is -2.36. The molecule has 1 atom stereocenters. The van der Waals surface area contributed by atoms with Crippen LogP contribution in [0.5, 0.6) is 0 Å². The zero-order chi connectivity index (χ0) is 12.8. The van der Waals surface area contributed by atoms with Gasteiger partial charge in [0.05, 0.1) is 12.2 Å². The van der Waals surface area contributed by atoms with E-state index in [-0.39, 0.29) is 18.3 Å². The van der Waals surface area contributed by atoms with Crippen molar-refractivity contribution in [2.75, 3.05) is 17.3 Å². The fourth-order valence-electron chi connectivity index (χ4n) is 1.47. The first-order valence-corrected chi connectivity index (χ1v) is 7.07. The van der Waals surface area contributed by atoms with Gasteiger partial charge in [-0.2, -0.15) is 16.9 Å². The number of aromatic nitrogens is 2. The summed E-state index contributed by atoms with van der Waals surface area (Å²) in [4.78, 5) is 11.9. The zero-order valence-electron chi connectivity index (χ0n) is 11.0. The van der Waals surface area contributed by atoms with Gasteiger partial charge in [-0.1, -0.05) is 0 Å². The summed E-state index contributed by atoms with van der Waals surface area (Å²) in [5, 5.41) is 7.01. The number of thioether (sulfide) groups is 1. The number of amides is 1. The number of nitrogens with one attached hydrogen (secondary N) is 1. The van der Waals surface area contributed by atoms with Gasteiger partial charge in [-0.3, -0.25) is 4.79 Å². The maximum absolute atomic E-state index is 11.9. The Morgan fingerprint density at radius 1 is 1.67 bits per heavy atom. The van der Waals surface area contributed by atoms with Crippen molar-refractivity contribution >= 4 is 35.9 Å². The van der Waals surface area contributed by atoms with Gasteiger partial charge in [0.2, 0.25) is 5.91 Å². The average Bonchev–Trinajstić information content (AvgIpc) is 2.67. The van der Waals surface area contributed by atoms with Crippen LogP contribution in [0.3, 0.4) is 0 Å². The van der Waals surface area contributed by atoms with Crippen LogP contribution >= 0.6 is 24.2 Å². The summed E-state index contributed by atoms with van der Waals surface area (Å²) in [6.07, 6.45) is 4.43. The van der Waals surface area contributed by atoms with E-state index in [0.717, 1.165) is 23.7 Å². The van der Waals surface area contributed by atoms with Crippen LogP contribution in [0.15, 0.2) is 6.20 Å². The van der Waals surface area contributed by atoms with Crippen molar-refractivity contribution in [2.45, 2.75) is 32.9 Å². The standard InChI is InChI=1S/C11H20N4OS.ClH/c1-4-15-10(8(2)7-13-15)14-11(16)9(12)5-6-17-3;/h7,9H,4-6,12H2,1-3H3,(H,14,16);1H/t9-;/m0./s1. The summed E-state index contributed by atoms with van der Waals surface area (Å²) in [5.74, 6) is 1.50. The lowest BCUT2D eigenvalue weighted by atomic mass is 10.2. The van der Waals surface area contributed by atoms with Crippen molar-refractivity contribution in [1.82, 2.24) is 9.78 Å². The van der Waals surface area contributed by atoms with E-state index in [1.54, 1.807) is 22.6 Å². The maximum atomic E-state index is 11.9. The van der Waals surface area contributed by atoms with Crippen LogP contribution in [0.25, 0.3) is 0 Å². The highest BCUT2D eigenvalue weighted by Gasteiger charge is 2.16. The van der Waals surface area contributed by atoms with Crippen molar-refractivity contribution in [3.8, 4) is 0 Å². The molecule has 0 bridgehead atoms. The number of carbonyl (C=O) groups is 1. The number of anilines is 1. The second-order valence-electron chi connectivity index (χ2n) is 3.87. The molecule has 0 unspecified atom stereocenters. The summed E-state index contributed by atoms with van der Waals surface area (Å²) in [7, 11) is 0. The van der Waals surface area contributed by atoms with Gasteiger partial charge >= 0.3 is 0 Å². The van der Waals surface area contributed by atoms with Crippen LogP contribution in [0, 0.1) is 6.92 Å². The summed E-state index contributed by atoms with van der Waals surface area (Å²) in [6.45, 7) is 4.63.